The quantitative estimate of drug-likeness (QED) is 0.663. The highest BCUT2D eigenvalue weighted by molar-refractivity contribution is 5.38. The van der Waals surface area contributed by atoms with E-state index in [9.17, 15) is 13.2 Å². The second kappa shape index (κ2) is 8.55. The maximum Gasteiger partial charge on any atom is 0.416 e. The van der Waals surface area contributed by atoms with E-state index in [1.807, 2.05) is 6.92 Å². The molecule has 1 aromatic carbocycles. The van der Waals surface area contributed by atoms with E-state index in [2.05, 4.69) is 0 Å². The third kappa shape index (κ3) is 5.70. The van der Waals surface area contributed by atoms with Crippen molar-refractivity contribution in [2.24, 2.45) is 0 Å². The number of rotatable bonds is 7. The Labute approximate surface area is 134 Å². The SMILES string of the molecule is CCCCOCc1cc(C(F)(F)F)ccc1OC1CCCCO1. The zero-order valence-electron chi connectivity index (χ0n) is 13.3. The number of alkyl halides is 3. The largest absolute Gasteiger partial charge is 0.465 e. The third-order valence-corrected chi connectivity index (χ3v) is 3.68. The summed E-state index contributed by atoms with van der Waals surface area (Å²) in [5.74, 6) is 0.404. The van der Waals surface area contributed by atoms with Crippen molar-refractivity contribution in [1.82, 2.24) is 0 Å². The van der Waals surface area contributed by atoms with Gasteiger partial charge >= 0.3 is 6.18 Å². The Kier molecular flexibility index (Phi) is 6.72. The molecule has 0 aliphatic carbocycles. The fourth-order valence-corrected chi connectivity index (χ4v) is 2.36. The number of ether oxygens (including phenoxy) is 3. The summed E-state index contributed by atoms with van der Waals surface area (Å²) in [5, 5.41) is 0. The van der Waals surface area contributed by atoms with E-state index in [1.54, 1.807) is 0 Å². The van der Waals surface area contributed by atoms with Gasteiger partial charge in [-0.2, -0.15) is 13.2 Å². The predicted octanol–water partition coefficient (Wildman–Crippen LogP) is 4.93. The highest BCUT2D eigenvalue weighted by atomic mass is 19.4. The summed E-state index contributed by atoms with van der Waals surface area (Å²) in [7, 11) is 0. The first-order chi connectivity index (χ1) is 11.0. The molecule has 1 unspecified atom stereocenters. The fourth-order valence-electron chi connectivity index (χ4n) is 2.36. The molecule has 0 aromatic heterocycles. The van der Waals surface area contributed by atoms with Crippen molar-refractivity contribution in [3.05, 3.63) is 29.3 Å². The van der Waals surface area contributed by atoms with Crippen molar-refractivity contribution in [3.8, 4) is 5.75 Å². The van der Waals surface area contributed by atoms with Crippen LogP contribution in [0.4, 0.5) is 13.2 Å². The van der Waals surface area contributed by atoms with E-state index in [0.29, 0.717) is 24.5 Å². The van der Waals surface area contributed by atoms with Gasteiger partial charge in [-0.15, -0.1) is 0 Å². The zero-order valence-corrected chi connectivity index (χ0v) is 13.3. The van der Waals surface area contributed by atoms with Gasteiger partial charge < -0.3 is 14.2 Å². The van der Waals surface area contributed by atoms with Gasteiger partial charge in [0.05, 0.1) is 18.8 Å². The fraction of sp³-hybridized carbons (Fsp3) is 0.647. The summed E-state index contributed by atoms with van der Waals surface area (Å²) in [6.45, 7) is 3.27. The Morgan fingerprint density at radius 2 is 2.09 bits per heavy atom. The van der Waals surface area contributed by atoms with Crippen molar-refractivity contribution in [2.75, 3.05) is 13.2 Å². The molecule has 1 fully saturated rings. The minimum Gasteiger partial charge on any atom is -0.465 e. The lowest BCUT2D eigenvalue weighted by atomic mass is 10.1. The molecular formula is C17H23F3O3. The summed E-state index contributed by atoms with van der Waals surface area (Å²) < 4.78 is 55.4. The highest BCUT2D eigenvalue weighted by Gasteiger charge is 2.31. The lowest BCUT2D eigenvalue weighted by molar-refractivity contribution is -0.137. The Morgan fingerprint density at radius 3 is 2.74 bits per heavy atom. The molecule has 0 saturated carbocycles. The first kappa shape index (κ1) is 18.1. The average Bonchev–Trinajstić information content (AvgIpc) is 2.53. The van der Waals surface area contributed by atoms with Crippen molar-refractivity contribution < 1.29 is 27.4 Å². The number of halogens is 3. The maximum atomic E-state index is 12.9. The van der Waals surface area contributed by atoms with Crippen LogP contribution in [-0.2, 0) is 22.3 Å². The maximum absolute atomic E-state index is 12.9. The summed E-state index contributed by atoms with van der Waals surface area (Å²) in [5.41, 5.74) is -0.284. The molecule has 1 aromatic rings. The third-order valence-electron chi connectivity index (χ3n) is 3.68. The topological polar surface area (TPSA) is 27.7 Å². The van der Waals surface area contributed by atoms with Crippen LogP contribution in [0.5, 0.6) is 5.75 Å². The van der Waals surface area contributed by atoms with Crippen molar-refractivity contribution in [2.45, 2.75) is 58.1 Å². The van der Waals surface area contributed by atoms with Crippen LogP contribution in [0, 0.1) is 0 Å². The second-order valence-electron chi connectivity index (χ2n) is 5.64. The minimum atomic E-state index is -4.38. The molecule has 130 valence electrons. The molecule has 1 heterocycles. The molecule has 1 saturated heterocycles. The Hall–Kier alpha value is -1.27. The van der Waals surface area contributed by atoms with Crippen LogP contribution in [0.1, 0.15) is 50.2 Å². The van der Waals surface area contributed by atoms with E-state index in [1.165, 1.54) is 6.07 Å². The van der Waals surface area contributed by atoms with Crippen LogP contribution >= 0.6 is 0 Å². The lowest BCUT2D eigenvalue weighted by Gasteiger charge is -2.25. The van der Waals surface area contributed by atoms with Crippen LogP contribution in [0.15, 0.2) is 18.2 Å². The molecule has 0 amide bonds. The lowest BCUT2D eigenvalue weighted by Crippen LogP contribution is -2.25. The van der Waals surface area contributed by atoms with Gasteiger partial charge in [-0.3, -0.25) is 0 Å². The van der Waals surface area contributed by atoms with Gasteiger partial charge in [0.25, 0.3) is 0 Å². The summed E-state index contributed by atoms with van der Waals surface area (Å²) in [6, 6.07) is 3.50. The zero-order chi connectivity index (χ0) is 16.7. The molecule has 0 bridgehead atoms. The number of hydrogen-bond donors (Lipinski definition) is 0. The molecule has 0 spiro atoms. The average molecular weight is 332 g/mol. The highest BCUT2D eigenvalue weighted by Crippen LogP contribution is 2.33. The molecule has 0 N–H and O–H groups in total. The van der Waals surface area contributed by atoms with Gasteiger partial charge in [-0.05, 0) is 37.5 Å². The molecule has 2 rings (SSSR count). The molecule has 1 aliphatic heterocycles. The summed E-state index contributed by atoms with van der Waals surface area (Å²) in [6.07, 6.45) is -0.194. The van der Waals surface area contributed by atoms with E-state index in [4.69, 9.17) is 14.2 Å². The predicted molar refractivity (Wildman–Crippen MR) is 80.2 cm³/mol. The van der Waals surface area contributed by atoms with Crippen LogP contribution in [-0.4, -0.2) is 19.5 Å². The van der Waals surface area contributed by atoms with Crippen LogP contribution in [0.2, 0.25) is 0 Å². The molecule has 0 radical (unpaired) electrons. The van der Waals surface area contributed by atoms with Gasteiger partial charge in [0, 0.05) is 18.6 Å². The molecule has 23 heavy (non-hydrogen) atoms. The number of unbranched alkanes of at least 4 members (excludes halogenated alkanes) is 1. The van der Waals surface area contributed by atoms with E-state index < -0.39 is 18.0 Å². The van der Waals surface area contributed by atoms with Crippen LogP contribution in [0.25, 0.3) is 0 Å². The standard InChI is InChI=1S/C17H23F3O3/c1-2-3-9-21-12-13-11-14(17(18,19)20)7-8-15(13)23-16-6-4-5-10-22-16/h7-8,11,16H,2-6,9-10,12H2,1H3. The molecular weight excluding hydrogens is 309 g/mol. The first-order valence-electron chi connectivity index (χ1n) is 8.07. The van der Waals surface area contributed by atoms with E-state index in [-0.39, 0.29) is 6.61 Å². The monoisotopic (exact) mass is 332 g/mol. The molecule has 6 heteroatoms. The van der Waals surface area contributed by atoms with Gasteiger partial charge in [0.15, 0.2) is 6.29 Å². The Bertz CT molecular complexity index is 482. The Morgan fingerprint density at radius 1 is 1.26 bits per heavy atom. The summed E-state index contributed by atoms with van der Waals surface area (Å²) >= 11 is 0. The van der Waals surface area contributed by atoms with Gasteiger partial charge in [-0.1, -0.05) is 13.3 Å². The van der Waals surface area contributed by atoms with Crippen LogP contribution < -0.4 is 4.74 Å². The Balaban J connectivity index is 2.10. The number of hydrogen-bond acceptors (Lipinski definition) is 3. The van der Waals surface area contributed by atoms with E-state index >= 15 is 0 Å². The number of benzene rings is 1. The van der Waals surface area contributed by atoms with Crippen molar-refractivity contribution >= 4 is 0 Å². The molecule has 1 atom stereocenters. The molecule has 3 nitrogen and oxygen atoms in total. The van der Waals surface area contributed by atoms with E-state index in [0.717, 1.165) is 44.2 Å². The van der Waals surface area contributed by atoms with Crippen LogP contribution in [0.3, 0.4) is 0 Å². The normalized spacial score (nSPS) is 18.9. The smallest absolute Gasteiger partial charge is 0.416 e. The molecule has 1 aliphatic rings. The van der Waals surface area contributed by atoms with Gasteiger partial charge in [0.1, 0.15) is 5.75 Å². The summed E-state index contributed by atoms with van der Waals surface area (Å²) in [4.78, 5) is 0. The van der Waals surface area contributed by atoms with Gasteiger partial charge in [-0.25, -0.2) is 0 Å². The van der Waals surface area contributed by atoms with Gasteiger partial charge in [0.2, 0.25) is 0 Å². The van der Waals surface area contributed by atoms with Crippen molar-refractivity contribution in [1.29, 1.82) is 0 Å². The minimum absolute atomic E-state index is 0.103. The van der Waals surface area contributed by atoms with Crippen molar-refractivity contribution in [3.63, 3.8) is 0 Å². The first-order valence-corrected chi connectivity index (χ1v) is 8.07. The second-order valence-corrected chi connectivity index (χ2v) is 5.64.